The summed E-state index contributed by atoms with van der Waals surface area (Å²) in [4.78, 5) is 9.75. The predicted molar refractivity (Wildman–Crippen MR) is 94.6 cm³/mol. The van der Waals surface area contributed by atoms with Crippen LogP contribution in [0.4, 0.5) is 5.69 Å². The summed E-state index contributed by atoms with van der Waals surface area (Å²) in [5, 5.41) is 0. The van der Waals surface area contributed by atoms with E-state index in [9.17, 15) is 0 Å². The van der Waals surface area contributed by atoms with E-state index >= 15 is 0 Å². The van der Waals surface area contributed by atoms with Gasteiger partial charge in [0.1, 0.15) is 0 Å². The first-order valence-electron chi connectivity index (χ1n) is 5.79. The van der Waals surface area contributed by atoms with Gasteiger partial charge < -0.3 is 0 Å². The average molecular weight is 335 g/mol. The zero-order valence-corrected chi connectivity index (χ0v) is 13.6. The van der Waals surface area contributed by atoms with Crippen molar-refractivity contribution in [3.8, 4) is 0 Å². The van der Waals surface area contributed by atoms with Crippen molar-refractivity contribution in [3.63, 3.8) is 0 Å². The fraction of sp³-hybridized carbons (Fsp3) is 0. The number of para-hydroxylation sites is 2. The summed E-state index contributed by atoms with van der Waals surface area (Å²) in [5.41, 5.74) is 1.99. The molecule has 20 heavy (non-hydrogen) atoms. The van der Waals surface area contributed by atoms with Gasteiger partial charge in [-0.15, -0.1) is 11.3 Å². The van der Waals surface area contributed by atoms with Crippen LogP contribution in [0, 0.1) is 0 Å². The molecule has 0 aliphatic rings. The monoisotopic (exact) mass is 334 g/mol. The third-order valence-corrected chi connectivity index (χ3v) is 7.73. The lowest BCUT2D eigenvalue weighted by Crippen LogP contribution is -1.69. The number of nitrogens with zero attached hydrogens (tertiary/aromatic N) is 2. The number of aromatic nitrogens is 1. The van der Waals surface area contributed by atoms with Gasteiger partial charge in [-0.25, -0.2) is 4.98 Å². The van der Waals surface area contributed by atoms with E-state index in [1.807, 2.05) is 36.4 Å². The molecule has 100 valence electrons. The predicted octanol–water partition coefficient (Wildman–Crippen LogP) is 6.08. The molecule has 0 amide bonds. The molecule has 0 unspecified atom stereocenters. The van der Waals surface area contributed by atoms with Gasteiger partial charge in [-0.05, 0) is 62.4 Å². The van der Waals surface area contributed by atoms with Crippen molar-refractivity contribution < 1.29 is 0 Å². The number of hydrogen-bond donors (Lipinski definition) is 0. The summed E-state index contributed by atoms with van der Waals surface area (Å²) in [6, 6.07) is 16.2. The minimum atomic E-state index is 0.926. The molecular weight excluding hydrogens is 324 g/mol. The van der Waals surface area contributed by atoms with Crippen LogP contribution in [0.25, 0.3) is 10.2 Å². The quantitative estimate of drug-likeness (QED) is 0.417. The molecule has 0 bridgehead atoms. The zero-order valence-electron chi connectivity index (χ0n) is 10.4. The number of thiazole rings is 1. The molecule has 2 nitrogen and oxygen atoms in total. The Morgan fingerprint density at radius 2 is 1.80 bits per heavy atom. The van der Waals surface area contributed by atoms with E-state index in [1.165, 1.54) is 4.70 Å². The standard InChI is InChI=1S/C14H10N2S4/c1-15-10-6-2-5-9-13(10)18-20-19-14-16-11-7-3-4-8-12(11)17-14/h2-9H,1H2. The molecule has 0 atom stereocenters. The molecular formula is C14H10N2S4. The summed E-state index contributed by atoms with van der Waals surface area (Å²) < 4.78 is 2.31. The van der Waals surface area contributed by atoms with Crippen molar-refractivity contribution in [2.45, 2.75) is 9.24 Å². The third-order valence-electron chi connectivity index (χ3n) is 2.54. The van der Waals surface area contributed by atoms with Crippen LogP contribution in [0.5, 0.6) is 0 Å². The van der Waals surface area contributed by atoms with Gasteiger partial charge in [-0.2, -0.15) is 0 Å². The summed E-state index contributed by atoms with van der Waals surface area (Å²) in [6.07, 6.45) is 0. The van der Waals surface area contributed by atoms with Gasteiger partial charge in [0, 0.05) is 4.90 Å². The van der Waals surface area contributed by atoms with Gasteiger partial charge >= 0.3 is 0 Å². The molecule has 0 aliphatic carbocycles. The molecule has 6 heteroatoms. The highest BCUT2D eigenvalue weighted by Crippen LogP contribution is 2.48. The van der Waals surface area contributed by atoms with E-state index in [0.29, 0.717) is 0 Å². The number of fused-ring (bicyclic) bond motifs is 1. The first kappa shape index (κ1) is 14.0. The lowest BCUT2D eigenvalue weighted by Gasteiger charge is -2.01. The largest absolute Gasteiger partial charge is 0.263 e. The van der Waals surface area contributed by atoms with E-state index < -0.39 is 0 Å². The van der Waals surface area contributed by atoms with Gasteiger partial charge in [-0.3, -0.25) is 4.99 Å². The van der Waals surface area contributed by atoms with Crippen molar-refractivity contribution in [1.29, 1.82) is 0 Å². The lowest BCUT2D eigenvalue weighted by molar-refractivity contribution is 1.31. The molecule has 0 saturated heterocycles. The fourth-order valence-corrected chi connectivity index (χ4v) is 6.96. The summed E-state index contributed by atoms with van der Waals surface area (Å²) >= 11 is 1.72. The number of aliphatic imine (C=N–C) groups is 1. The second-order valence-electron chi connectivity index (χ2n) is 3.81. The van der Waals surface area contributed by atoms with Crippen LogP contribution >= 0.6 is 42.8 Å². The highest BCUT2D eigenvalue weighted by Gasteiger charge is 2.06. The maximum atomic E-state index is 4.60. The summed E-state index contributed by atoms with van der Waals surface area (Å²) in [7, 11) is 5.07. The molecule has 0 spiro atoms. The second kappa shape index (κ2) is 6.67. The molecule has 0 saturated carbocycles. The van der Waals surface area contributed by atoms with Gasteiger partial charge in [-0.1, -0.05) is 24.3 Å². The maximum absolute atomic E-state index is 4.60. The Kier molecular flexibility index (Phi) is 4.67. The Bertz CT molecular complexity index is 706. The van der Waals surface area contributed by atoms with Crippen LogP contribution in [0.2, 0.25) is 0 Å². The van der Waals surface area contributed by atoms with Crippen LogP contribution in [0.1, 0.15) is 0 Å². The van der Waals surface area contributed by atoms with Crippen molar-refractivity contribution in [3.05, 3.63) is 48.5 Å². The topological polar surface area (TPSA) is 25.2 Å². The van der Waals surface area contributed by atoms with E-state index in [0.717, 1.165) is 20.4 Å². The van der Waals surface area contributed by atoms with Crippen molar-refractivity contribution >= 4 is 65.4 Å². The Labute approximate surface area is 132 Å². The normalized spacial score (nSPS) is 10.8. The molecule has 1 heterocycles. The van der Waals surface area contributed by atoms with Gasteiger partial charge in [0.25, 0.3) is 0 Å². The Hall–Kier alpha value is -0.950. The summed E-state index contributed by atoms with van der Waals surface area (Å²) in [5.74, 6) is 0. The average Bonchev–Trinajstić information content (AvgIpc) is 2.90. The number of hydrogen-bond acceptors (Lipinski definition) is 6. The fourth-order valence-electron chi connectivity index (χ4n) is 1.63. The second-order valence-corrected chi connectivity index (χ2v) is 9.03. The number of benzene rings is 2. The van der Waals surface area contributed by atoms with Crippen LogP contribution in [0.3, 0.4) is 0 Å². The Morgan fingerprint density at radius 1 is 1.00 bits per heavy atom. The van der Waals surface area contributed by atoms with Crippen LogP contribution in [-0.4, -0.2) is 11.7 Å². The molecule has 0 fully saturated rings. The van der Waals surface area contributed by atoms with E-state index in [-0.39, 0.29) is 0 Å². The first-order valence-corrected chi connectivity index (χ1v) is 10.1. The molecule has 0 aliphatic heterocycles. The molecule has 1 aromatic heterocycles. The van der Waals surface area contributed by atoms with Gasteiger partial charge in [0.15, 0.2) is 4.34 Å². The maximum Gasteiger partial charge on any atom is 0.162 e. The van der Waals surface area contributed by atoms with Crippen molar-refractivity contribution in [1.82, 2.24) is 4.98 Å². The van der Waals surface area contributed by atoms with E-state index in [1.54, 1.807) is 42.8 Å². The molecule has 0 radical (unpaired) electrons. The van der Waals surface area contributed by atoms with E-state index in [2.05, 4.69) is 28.8 Å². The van der Waals surface area contributed by atoms with Gasteiger partial charge in [0.05, 0.1) is 15.9 Å². The summed E-state index contributed by atoms with van der Waals surface area (Å²) in [6.45, 7) is 3.60. The smallest absolute Gasteiger partial charge is 0.162 e. The highest BCUT2D eigenvalue weighted by atomic mass is 33.5. The minimum Gasteiger partial charge on any atom is -0.263 e. The van der Waals surface area contributed by atoms with E-state index in [4.69, 9.17) is 0 Å². The number of rotatable bonds is 5. The van der Waals surface area contributed by atoms with Crippen LogP contribution < -0.4 is 0 Å². The minimum absolute atomic E-state index is 0.926. The van der Waals surface area contributed by atoms with Crippen LogP contribution in [0.15, 0.2) is 62.8 Å². The molecule has 3 rings (SSSR count). The molecule has 3 aromatic rings. The van der Waals surface area contributed by atoms with Crippen molar-refractivity contribution in [2.24, 2.45) is 4.99 Å². The van der Waals surface area contributed by atoms with Crippen molar-refractivity contribution in [2.75, 3.05) is 0 Å². The first-order chi connectivity index (χ1) is 9.86. The molecule has 2 aromatic carbocycles. The SMILES string of the molecule is C=Nc1ccccc1SSSc1nc2ccccc2s1. The zero-order chi connectivity index (χ0) is 13.8. The lowest BCUT2D eigenvalue weighted by atomic mass is 10.3. The van der Waals surface area contributed by atoms with Gasteiger partial charge in [0.2, 0.25) is 0 Å². The highest BCUT2D eigenvalue weighted by molar-refractivity contribution is 9.09. The third kappa shape index (κ3) is 3.20. The molecule has 0 N–H and O–H groups in total. The Morgan fingerprint density at radius 3 is 2.65 bits per heavy atom. The van der Waals surface area contributed by atoms with Crippen LogP contribution in [-0.2, 0) is 0 Å². The Balaban J connectivity index is 1.66.